The quantitative estimate of drug-likeness (QED) is 0.0750. The molecule has 4 aromatic rings. The molecule has 0 radical (unpaired) electrons. The zero-order chi connectivity index (χ0) is 43.4. The number of methoxy groups -OCH3 is 1. The molecule has 7 rings (SSSR count). The standard InChI is InChI=1S/C41H34N2O17/c1-18-38(60-40(50)21-9-13-23(14-10-21)43(54)55)27(59-39(49)20-7-11-22(12-8-20)42(52)53)15-29(57-18)58-28-17-41(51,19(2)44)16-25-31(28)37(48)33-32(35(25)46)34(45)24-5-4-6-26(56-3)30(24)36(33)47/h4-14,18,27-29,38,46,48,51H,15-17H2,1-3H3. The van der Waals surface area contributed by atoms with Crippen molar-refractivity contribution < 1.29 is 72.8 Å². The molecule has 1 aliphatic heterocycles. The lowest BCUT2D eigenvalue weighted by molar-refractivity contribution is -0.385. The molecule has 310 valence electrons. The first-order valence-corrected chi connectivity index (χ1v) is 18.3. The van der Waals surface area contributed by atoms with Crippen molar-refractivity contribution in [1.29, 1.82) is 0 Å². The number of aromatic hydroxyl groups is 2. The molecule has 0 saturated carbocycles. The number of nitrogens with zero attached hydrogens (tertiary/aromatic N) is 2. The average Bonchev–Trinajstić information content (AvgIpc) is 3.21. The molecular weight excluding hydrogens is 792 g/mol. The maximum absolute atomic E-state index is 14.0. The van der Waals surface area contributed by atoms with E-state index < -0.39 is 117 Å². The number of carbonyl (C=O) groups is 5. The summed E-state index contributed by atoms with van der Waals surface area (Å²) in [6.45, 7) is 2.52. The summed E-state index contributed by atoms with van der Waals surface area (Å²) in [4.78, 5) is 88.6. The van der Waals surface area contributed by atoms with E-state index in [0.29, 0.717) is 0 Å². The van der Waals surface area contributed by atoms with Gasteiger partial charge in [-0.1, -0.05) is 12.1 Å². The van der Waals surface area contributed by atoms with Crippen LogP contribution >= 0.6 is 0 Å². The van der Waals surface area contributed by atoms with Crippen LogP contribution in [0.2, 0.25) is 0 Å². The lowest BCUT2D eigenvalue weighted by Crippen LogP contribution is -2.52. The number of hydrogen-bond acceptors (Lipinski definition) is 17. The minimum atomic E-state index is -2.23. The minimum absolute atomic E-state index is 0.0228. The van der Waals surface area contributed by atoms with Gasteiger partial charge < -0.3 is 39.0 Å². The van der Waals surface area contributed by atoms with Crippen molar-refractivity contribution in [2.45, 2.75) is 69.4 Å². The van der Waals surface area contributed by atoms with Gasteiger partial charge >= 0.3 is 11.9 Å². The molecule has 1 saturated heterocycles. The second kappa shape index (κ2) is 15.6. The van der Waals surface area contributed by atoms with Crippen LogP contribution in [-0.4, -0.2) is 91.8 Å². The zero-order valence-corrected chi connectivity index (χ0v) is 31.8. The summed E-state index contributed by atoms with van der Waals surface area (Å²) in [5.41, 5.74) is -4.95. The number of esters is 2. The number of nitro groups is 2. The number of ketones is 3. The molecule has 4 aromatic carbocycles. The maximum atomic E-state index is 14.0. The number of carbonyl (C=O) groups excluding carboxylic acids is 5. The largest absolute Gasteiger partial charge is 0.507 e. The number of non-ortho nitro benzene ring substituents is 2. The molecule has 1 heterocycles. The fourth-order valence-electron chi connectivity index (χ4n) is 7.69. The molecule has 19 nitrogen and oxygen atoms in total. The van der Waals surface area contributed by atoms with Crippen molar-refractivity contribution in [2.75, 3.05) is 7.11 Å². The Labute approximate surface area is 338 Å². The SMILES string of the molecule is COc1cccc2c1C(=O)c1c(O)c3c(c(O)c1C2=O)CC(O)(C(C)=O)CC3OC1CC(OC(=O)c2ccc([N+](=O)[O-])cc2)C(OC(=O)c2ccc([N+](=O)[O-])cc2)C(C)O1. The predicted molar refractivity (Wildman–Crippen MR) is 201 cm³/mol. The van der Waals surface area contributed by atoms with Gasteiger partial charge in [0.2, 0.25) is 5.78 Å². The van der Waals surface area contributed by atoms with Crippen LogP contribution in [0.4, 0.5) is 11.4 Å². The predicted octanol–water partition coefficient (Wildman–Crippen LogP) is 4.61. The summed E-state index contributed by atoms with van der Waals surface area (Å²) in [5, 5.41) is 57.5. The van der Waals surface area contributed by atoms with Crippen molar-refractivity contribution in [3.8, 4) is 17.2 Å². The number of aliphatic hydroxyl groups is 1. The second-order valence-electron chi connectivity index (χ2n) is 14.4. The van der Waals surface area contributed by atoms with Crippen LogP contribution < -0.4 is 4.74 Å². The first-order chi connectivity index (χ1) is 28.4. The fraction of sp³-hybridized carbons (Fsp3) is 0.293. The molecule has 0 spiro atoms. The van der Waals surface area contributed by atoms with E-state index >= 15 is 0 Å². The Balaban J connectivity index is 1.25. The molecule has 1 fully saturated rings. The number of rotatable bonds is 10. The molecule has 60 heavy (non-hydrogen) atoms. The van der Waals surface area contributed by atoms with Crippen LogP contribution in [0.25, 0.3) is 0 Å². The van der Waals surface area contributed by atoms with Crippen molar-refractivity contribution >= 4 is 40.7 Å². The molecule has 3 aliphatic rings. The summed E-state index contributed by atoms with van der Waals surface area (Å²) in [6.07, 6.45) is -8.49. The lowest BCUT2D eigenvalue weighted by Gasteiger charge is -2.43. The van der Waals surface area contributed by atoms with Crippen LogP contribution in [0.15, 0.2) is 66.7 Å². The number of phenolic OH excluding ortho intramolecular Hbond substituents is 2. The Morgan fingerprint density at radius 1 is 0.817 bits per heavy atom. The topological polar surface area (TPSA) is 278 Å². The third-order valence-electron chi connectivity index (χ3n) is 10.8. The highest BCUT2D eigenvalue weighted by Gasteiger charge is 2.50. The number of ether oxygens (including phenoxy) is 5. The number of benzene rings is 4. The molecule has 2 aliphatic carbocycles. The van der Waals surface area contributed by atoms with Crippen LogP contribution in [0.5, 0.6) is 17.2 Å². The summed E-state index contributed by atoms with van der Waals surface area (Å²) < 4.78 is 29.2. The first-order valence-electron chi connectivity index (χ1n) is 18.3. The summed E-state index contributed by atoms with van der Waals surface area (Å²) in [5.74, 6) is -5.96. The van der Waals surface area contributed by atoms with E-state index in [4.69, 9.17) is 23.7 Å². The van der Waals surface area contributed by atoms with Crippen molar-refractivity contribution in [3.05, 3.63) is 131 Å². The van der Waals surface area contributed by atoms with E-state index in [2.05, 4.69) is 0 Å². The third-order valence-corrected chi connectivity index (χ3v) is 10.8. The number of fused-ring (bicyclic) bond motifs is 3. The number of Topliss-reactive ketones (excluding diaryl/α,β-unsaturated/α-hetero) is 1. The lowest BCUT2D eigenvalue weighted by atomic mass is 9.72. The van der Waals surface area contributed by atoms with Crippen LogP contribution in [0.3, 0.4) is 0 Å². The maximum Gasteiger partial charge on any atom is 0.338 e. The Bertz CT molecular complexity index is 2500. The third kappa shape index (κ3) is 7.18. The highest BCUT2D eigenvalue weighted by molar-refractivity contribution is 6.31. The van der Waals surface area contributed by atoms with Crippen molar-refractivity contribution in [3.63, 3.8) is 0 Å². The molecule has 0 bridgehead atoms. The molecular formula is C41H34N2O17. The van der Waals surface area contributed by atoms with Crippen LogP contribution in [0.1, 0.15) is 96.5 Å². The second-order valence-corrected chi connectivity index (χ2v) is 14.4. The van der Waals surface area contributed by atoms with E-state index in [0.717, 1.165) is 55.5 Å². The van der Waals surface area contributed by atoms with Gasteiger partial charge in [0.1, 0.15) is 29.0 Å². The van der Waals surface area contributed by atoms with Gasteiger partial charge in [0.05, 0.1) is 57.0 Å². The number of nitro benzene ring substituents is 2. The molecule has 19 heteroatoms. The Hall–Kier alpha value is -7.09. The minimum Gasteiger partial charge on any atom is -0.507 e. The van der Waals surface area contributed by atoms with E-state index in [1.54, 1.807) is 0 Å². The summed E-state index contributed by atoms with van der Waals surface area (Å²) in [6, 6.07) is 13.2. The van der Waals surface area contributed by atoms with E-state index in [9.17, 15) is 59.5 Å². The van der Waals surface area contributed by atoms with Gasteiger partial charge in [-0.3, -0.25) is 34.6 Å². The molecule has 3 N–H and O–H groups in total. The van der Waals surface area contributed by atoms with Gasteiger partial charge in [-0.2, -0.15) is 0 Å². The Morgan fingerprint density at radius 2 is 1.38 bits per heavy atom. The van der Waals surface area contributed by atoms with Crippen LogP contribution in [-0.2, 0) is 30.2 Å². The normalized spacial score (nSPS) is 23.0. The van der Waals surface area contributed by atoms with Gasteiger partial charge in [-0.15, -0.1) is 0 Å². The first kappa shape index (κ1) is 41.1. The van der Waals surface area contributed by atoms with E-state index in [1.807, 2.05) is 0 Å². The van der Waals surface area contributed by atoms with Gasteiger partial charge in [-0.25, -0.2) is 9.59 Å². The highest BCUT2D eigenvalue weighted by atomic mass is 16.7. The monoisotopic (exact) mass is 826 g/mol. The molecule has 6 unspecified atom stereocenters. The zero-order valence-electron chi connectivity index (χ0n) is 31.8. The average molecular weight is 827 g/mol. The van der Waals surface area contributed by atoms with E-state index in [-0.39, 0.29) is 50.5 Å². The Kier molecular flexibility index (Phi) is 10.7. The smallest absolute Gasteiger partial charge is 0.338 e. The van der Waals surface area contributed by atoms with Gasteiger partial charge in [0.25, 0.3) is 11.4 Å². The number of hydrogen-bond donors (Lipinski definition) is 3. The van der Waals surface area contributed by atoms with Gasteiger partial charge in [0, 0.05) is 60.2 Å². The van der Waals surface area contributed by atoms with Crippen LogP contribution in [0, 0.1) is 20.2 Å². The summed E-state index contributed by atoms with van der Waals surface area (Å²) >= 11 is 0. The van der Waals surface area contributed by atoms with Gasteiger partial charge in [0.15, 0.2) is 24.0 Å². The van der Waals surface area contributed by atoms with Crippen molar-refractivity contribution in [2.24, 2.45) is 0 Å². The molecule has 0 amide bonds. The number of phenols is 2. The Morgan fingerprint density at radius 3 is 1.93 bits per heavy atom. The summed E-state index contributed by atoms with van der Waals surface area (Å²) in [7, 11) is 1.28. The van der Waals surface area contributed by atoms with Gasteiger partial charge in [-0.05, 0) is 44.2 Å². The fourth-order valence-corrected chi connectivity index (χ4v) is 7.69. The molecule has 0 aromatic heterocycles. The molecule has 6 atom stereocenters. The van der Waals surface area contributed by atoms with E-state index in [1.165, 1.54) is 32.2 Å². The van der Waals surface area contributed by atoms with Crippen molar-refractivity contribution in [1.82, 2.24) is 0 Å². The highest BCUT2D eigenvalue weighted by Crippen LogP contribution is 2.52.